The molecule has 160 valence electrons. The third-order valence-electron chi connectivity index (χ3n) is 10.3. The summed E-state index contributed by atoms with van der Waals surface area (Å²) >= 11 is 0. The van der Waals surface area contributed by atoms with E-state index in [1.54, 1.807) is 5.57 Å². The molecule has 0 saturated heterocycles. The van der Waals surface area contributed by atoms with Crippen LogP contribution in [0, 0.1) is 46.3 Å². The van der Waals surface area contributed by atoms with Gasteiger partial charge in [0.2, 0.25) is 0 Å². The van der Waals surface area contributed by atoms with Gasteiger partial charge < -0.3 is 5.11 Å². The number of hydrogen-bond donors (Lipinski definition) is 1. The van der Waals surface area contributed by atoms with E-state index in [1.807, 2.05) is 0 Å². The second-order valence-corrected chi connectivity index (χ2v) is 12.2. The first-order valence-corrected chi connectivity index (χ1v) is 12.6. The average molecular weight is 387 g/mol. The maximum Gasteiger partial charge on any atom is 0.0577 e. The highest BCUT2D eigenvalue weighted by Gasteiger charge is 2.59. The van der Waals surface area contributed by atoms with Crippen molar-refractivity contribution in [2.24, 2.45) is 46.3 Å². The second kappa shape index (κ2) is 7.75. The van der Waals surface area contributed by atoms with Crippen LogP contribution in [0.2, 0.25) is 0 Å². The highest BCUT2D eigenvalue weighted by Crippen LogP contribution is 2.67. The van der Waals surface area contributed by atoms with Gasteiger partial charge in [-0.1, -0.05) is 65.5 Å². The predicted molar refractivity (Wildman–Crippen MR) is 119 cm³/mol. The maximum absolute atomic E-state index is 10.2. The van der Waals surface area contributed by atoms with Gasteiger partial charge >= 0.3 is 0 Å². The number of aliphatic hydroxyl groups is 1. The Hall–Kier alpha value is -0.300. The molecule has 3 fully saturated rings. The smallest absolute Gasteiger partial charge is 0.0577 e. The molecule has 0 bridgehead atoms. The molecular formula is C27H46O. The molecule has 0 heterocycles. The van der Waals surface area contributed by atoms with Crippen LogP contribution in [0.5, 0.6) is 0 Å². The van der Waals surface area contributed by atoms with Crippen molar-refractivity contribution in [2.45, 2.75) is 111 Å². The summed E-state index contributed by atoms with van der Waals surface area (Å²) in [5, 5.41) is 10.2. The van der Waals surface area contributed by atoms with E-state index in [-0.39, 0.29) is 6.10 Å². The van der Waals surface area contributed by atoms with Gasteiger partial charge in [0.25, 0.3) is 0 Å². The fraction of sp³-hybridized carbons (Fsp3) is 0.926. The Balaban J connectivity index is 1.49. The Kier molecular flexibility index (Phi) is 5.80. The molecule has 1 nitrogen and oxygen atoms in total. The predicted octanol–water partition coefficient (Wildman–Crippen LogP) is 7.39. The molecule has 0 aromatic heterocycles. The molecule has 28 heavy (non-hydrogen) atoms. The first-order valence-electron chi connectivity index (χ1n) is 12.6. The maximum atomic E-state index is 10.2. The zero-order valence-electron chi connectivity index (χ0n) is 19.3. The van der Waals surface area contributed by atoms with Gasteiger partial charge in [-0.05, 0) is 97.7 Å². The van der Waals surface area contributed by atoms with Crippen LogP contribution >= 0.6 is 0 Å². The summed E-state index contributed by atoms with van der Waals surface area (Å²) in [7, 11) is 0. The standard InChI is InChI=1S/C27H46O/c1-18(2)7-6-8-19(3)23-11-12-24-22-10-9-20-17-21(28)13-15-26(20,4)25(22)14-16-27(23,24)5/h9,18-19,21-25,28H,6-8,10-17H2,1-5H3/t19-,21+,22+,23-,24+,25+,26+,27-/m0/s1. The van der Waals surface area contributed by atoms with Gasteiger partial charge in [-0.3, -0.25) is 0 Å². The fourth-order valence-electron chi connectivity index (χ4n) is 8.67. The molecule has 0 amide bonds. The lowest BCUT2D eigenvalue weighted by atomic mass is 9.47. The van der Waals surface area contributed by atoms with Crippen LogP contribution in [-0.2, 0) is 0 Å². The summed E-state index contributed by atoms with van der Waals surface area (Å²) in [6.07, 6.45) is 17.2. The van der Waals surface area contributed by atoms with Crippen LogP contribution in [0.3, 0.4) is 0 Å². The topological polar surface area (TPSA) is 20.2 Å². The van der Waals surface area contributed by atoms with E-state index in [9.17, 15) is 5.11 Å². The molecule has 0 unspecified atom stereocenters. The van der Waals surface area contributed by atoms with Crippen molar-refractivity contribution < 1.29 is 5.11 Å². The summed E-state index contributed by atoms with van der Waals surface area (Å²) < 4.78 is 0. The van der Waals surface area contributed by atoms with Crippen molar-refractivity contribution in [3.05, 3.63) is 11.6 Å². The highest BCUT2D eigenvalue weighted by atomic mass is 16.3. The van der Waals surface area contributed by atoms with Crippen LogP contribution in [0.1, 0.15) is 105 Å². The first kappa shape index (κ1) is 21.0. The number of fused-ring (bicyclic) bond motifs is 5. The van der Waals surface area contributed by atoms with Crippen LogP contribution in [0.25, 0.3) is 0 Å². The van der Waals surface area contributed by atoms with Crippen molar-refractivity contribution in [1.29, 1.82) is 0 Å². The molecule has 4 aliphatic carbocycles. The zero-order valence-corrected chi connectivity index (χ0v) is 19.3. The van der Waals surface area contributed by atoms with Gasteiger partial charge in [0.15, 0.2) is 0 Å². The van der Waals surface area contributed by atoms with E-state index in [1.165, 1.54) is 57.8 Å². The van der Waals surface area contributed by atoms with E-state index in [0.717, 1.165) is 48.3 Å². The minimum absolute atomic E-state index is 0.0766. The Labute approximate surface area is 174 Å². The number of allylic oxidation sites excluding steroid dienone is 1. The monoisotopic (exact) mass is 386 g/mol. The summed E-state index contributed by atoms with van der Waals surface area (Å²) in [5.41, 5.74) is 2.60. The summed E-state index contributed by atoms with van der Waals surface area (Å²) in [6.45, 7) is 12.6. The molecule has 1 N–H and O–H groups in total. The summed E-state index contributed by atoms with van der Waals surface area (Å²) in [4.78, 5) is 0. The molecule has 4 aliphatic rings. The normalized spacial score (nSPS) is 46.5. The average Bonchev–Trinajstić information content (AvgIpc) is 2.99. The van der Waals surface area contributed by atoms with Gasteiger partial charge in [-0.25, -0.2) is 0 Å². The molecule has 0 aromatic rings. The van der Waals surface area contributed by atoms with Crippen molar-refractivity contribution in [3.63, 3.8) is 0 Å². The minimum Gasteiger partial charge on any atom is -0.393 e. The highest BCUT2D eigenvalue weighted by molar-refractivity contribution is 5.25. The third kappa shape index (κ3) is 3.42. The Morgan fingerprint density at radius 2 is 1.79 bits per heavy atom. The van der Waals surface area contributed by atoms with Crippen molar-refractivity contribution in [3.8, 4) is 0 Å². The van der Waals surface area contributed by atoms with E-state index < -0.39 is 0 Å². The van der Waals surface area contributed by atoms with Gasteiger partial charge in [-0.2, -0.15) is 0 Å². The van der Waals surface area contributed by atoms with Crippen LogP contribution < -0.4 is 0 Å². The molecule has 0 aromatic carbocycles. The summed E-state index contributed by atoms with van der Waals surface area (Å²) in [6, 6.07) is 0. The number of aliphatic hydroxyl groups excluding tert-OH is 1. The quantitative estimate of drug-likeness (QED) is 0.488. The van der Waals surface area contributed by atoms with Crippen LogP contribution in [0.4, 0.5) is 0 Å². The largest absolute Gasteiger partial charge is 0.393 e. The molecule has 0 radical (unpaired) electrons. The lowest BCUT2D eigenvalue weighted by molar-refractivity contribution is -0.0573. The van der Waals surface area contributed by atoms with E-state index >= 15 is 0 Å². The van der Waals surface area contributed by atoms with Gasteiger partial charge in [0, 0.05) is 0 Å². The number of hydrogen-bond acceptors (Lipinski definition) is 1. The van der Waals surface area contributed by atoms with Gasteiger partial charge in [0.1, 0.15) is 0 Å². The Bertz CT molecular complexity index is 591. The van der Waals surface area contributed by atoms with E-state index in [4.69, 9.17) is 0 Å². The van der Waals surface area contributed by atoms with Crippen molar-refractivity contribution >= 4 is 0 Å². The van der Waals surface area contributed by atoms with E-state index in [0.29, 0.717) is 10.8 Å². The molecule has 3 saturated carbocycles. The van der Waals surface area contributed by atoms with Crippen LogP contribution in [-0.4, -0.2) is 11.2 Å². The lowest BCUT2D eigenvalue weighted by Gasteiger charge is -2.58. The van der Waals surface area contributed by atoms with Crippen molar-refractivity contribution in [2.75, 3.05) is 0 Å². The van der Waals surface area contributed by atoms with Gasteiger partial charge in [-0.15, -0.1) is 0 Å². The fourth-order valence-corrected chi connectivity index (χ4v) is 8.67. The first-order chi connectivity index (χ1) is 13.3. The number of rotatable bonds is 5. The van der Waals surface area contributed by atoms with Crippen LogP contribution in [0.15, 0.2) is 11.6 Å². The Morgan fingerprint density at radius 3 is 2.54 bits per heavy atom. The minimum atomic E-state index is -0.0766. The lowest BCUT2D eigenvalue weighted by Crippen LogP contribution is -2.50. The Morgan fingerprint density at radius 1 is 1.00 bits per heavy atom. The SMILES string of the molecule is CC(C)CCC[C@H](C)[C@@H]1CC[C@@H]2[C@H]3CC=C4C[C@H](O)CC[C@@]4(C)[C@@H]3CC[C@]21C. The molecule has 0 aliphatic heterocycles. The molecule has 4 rings (SSSR count). The van der Waals surface area contributed by atoms with Crippen molar-refractivity contribution in [1.82, 2.24) is 0 Å². The second-order valence-electron chi connectivity index (χ2n) is 12.2. The molecule has 1 heteroatoms. The van der Waals surface area contributed by atoms with E-state index in [2.05, 4.69) is 40.7 Å². The zero-order chi connectivity index (χ0) is 20.1. The molecule has 8 atom stereocenters. The summed E-state index contributed by atoms with van der Waals surface area (Å²) in [5.74, 6) is 5.46. The molecule has 0 spiro atoms. The third-order valence-corrected chi connectivity index (χ3v) is 10.3. The van der Waals surface area contributed by atoms with Gasteiger partial charge in [0.05, 0.1) is 6.10 Å². The molecular weight excluding hydrogens is 340 g/mol.